The third kappa shape index (κ3) is 3.67. The maximum Gasteiger partial charge on any atom is 0.230 e. The highest BCUT2D eigenvalue weighted by Crippen LogP contribution is 2.33. The summed E-state index contributed by atoms with van der Waals surface area (Å²) in [5.41, 5.74) is 3.29. The van der Waals surface area contributed by atoms with E-state index in [1.807, 2.05) is 41.8 Å². The molecule has 142 valence electrons. The fraction of sp³-hybridized carbons (Fsp3) is 0.150. The van der Waals surface area contributed by atoms with Crippen LogP contribution in [0.1, 0.15) is 5.69 Å². The fourth-order valence-corrected chi connectivity index (χ4v) is 3.70. The van der Waals surface area contributed by atoms with Gasteiger partial charge in [0, 0.05) is 22.0 Å². The lowest BCUT2D eigenvalue weighted by atomic mass is 10.2. The van der Waals surface area contributed by atoms with Gasteiger partial charge < -0.3 is 14.8 Å². The highest BCUT2D eigenvalue weighted by Gasteiger charge is 2.12. The van der Waals surface area contributed by atoms with Crippen molar-refractivity contribution in [2.24, 2.45) is 0 Å². The van der Waals surface area contributed by atoms with E-state index in [4.69, 9.17) is 9.47 Å². The lowest BCUT2D eigenvalue weighted by Crippen LogP contribution is -2.14. The molecule has 2 aromatic heterocycles. The molecule has 0 aliphatic heterocycles. The largest absolute Gasteiger partial charge is 0.493 e. The summed E-state index contributed by atoms with van der Waals surface area (Å²) in [6, 6.07) is 11.2. The van der Waals surface area contributed by atoms with Crippen LogP contribution in [0.5, 0.6) is 11.5 Å². The number of carbonyl (C=O) groups is 1. The molecule has 0 radical (unpaired) electrons. The molecule has 2 aromatic carbocycles. The molecule has 1 amide bonds. The normalized spacial score (nSPS) is 10.8. The van der Waals surface area contributed by atoms with Gasteiger partial charge >= 0.3 is 0 Å². The molecule has 0 spiro atoms. The molecule has 0 atom stereocenters. The van der Waals surface area contributed by atoms with Gasteiger partial charge in [0.25, 0.3) is 0 Å². The Hall–Kier alpha value is -3.39. The summed E-state index contributed by atoms with van der Waals surface area (Å²) in [4.78, 5) is 17.0. The lowest BCUT2D eigenvalue weighted by Gasteiger charge is -2.08. The Labute approximate surface area is 165 Å². The number of aromatic amines is 1. The standard InChI is InChI=1S/C20H18N4O3S/c1-26-17-6-3-12(8-18(17)27-2)20-23-15(11-28-20)9-19(25)22-14-4-5-16-13(7-14)10-21-24-16/h3-8,10-11H,9H2,1-2H3,(H,21,24)(H,22,25). The predicted octanol–water partition coefficient (Wildman–Crippen LogP) is 3.88. The second-order valence-electron chi connectivity index (χ2n) is 6.11. The number of hydrogen-bond acceptors (Lipinski definition) is 6. The number of methoxy groups -OCH3 is 2. The molecule has 8 heteroatoms. The maximum atomic E-state index is 12.4. The van der Waals surface area contributed by atoms with E-state index in [1.54, 1.807) is 20.4 Å². The highest BCUT2D eigenvalue weighted by atomic mass is 32.1. The number of nitrogens with one attached hydrogen (secondary N) is 2. The van der Waals surface area contributed by atoms with Gasteiger partial charge in [0.2, 0.25) is 5.91 Å². The zero-order valence-corrected chi connectivity index (χ0v) is 16.2. The van der Waals surface area contributed by atoms with Crippen molar-refractivity contribution in [1.82, 2.24) is 15.2 Å². The average Bonchev–Trinajstić information content (AvgIpc) is 3.36. The first-order chi connectivity index (χ1) is 13.7. The lowest BCUT2D eigenvalue weighted by molar-refractivity contribution is -0.115. The molecule has 0 aliphatic rings. The van der Waals surface area contributed by atoms with Gasteiger partial charge in [-0.2, -0.15) is 5.10 Å². The van der Waals surface area contributed by atoms with E-state index in [2.05, 4.69) is 20.5 Å². The van der Waals surface area contributed by atoms with E-state index < -0.39 is 0 Å². The number of amides is 1. The molecule has 0 unspecified atom stereocenters. The number of carbonyl (C=O) groups excluding carboxylic acids is 1. The van der Waals surface area contributed by atoms with Gasteiger partial charge in [0.05, 0.1) is 38.0 Å². The van der Waals surface area contributed by atoms with Gasteiger partial charge in [-0.05, 0) is 36.4 Å². The van der Waals surface area contributed by atoms with E-state index in [9.17, 15) is 4.79 Å². The molecule has 0 aliphatic carbocycles. The summed E-state index contributed by atoms with van der Waals surface area (Å²) in [6.07, 6.45) is 1.92. The summed E-state index contributed by atoms with van der Waals surface area (Å²) in [5, 5.41) is 13.4. The summed E-state index contributed by atoms with van der Waals surface area (Å²) in [6.45, 7) is 0. The van der Waals surface area contributed by atoms with E-state index in [1.165, 1.54) is 11.3 Å². The summed E-state index contributed by atoms with van der Waals surface area (Å²) in [5.74, 6) is 1.19. The SMILES string of the molecule is COc1ccc(-c2nc(CC(=O)Nc3ccc4[nH]ncc4c3)cs2)cc1OC. The second-order valence-corrected chi connectivity index (χ2v) is 6.97. The van der Waals surface area contributed by atoms with Crippen molar-refractivity contribution in [3.8, 4) is 22.1 Å². The molecule has 0 saturated carbocycles. The Balaban J connectivity index is 1.46. The number of thiazole rings is 1. The number of aromatic nitrogens is 3. The number of rotatable bonds is 6. The van der Waals surface area contributed by atoms with E-state index in [-0.39, 0.29) is 12.3 Å². The van der Waals surface area contributed by atoms with Crippen LogP contribution in [-0.2, 0) is 11.2 Å². The number of ether oxygens (including phenoxy) is 2. The van der Waals surface area contributed by atoms with Crippen LogP contribution in [0, 0.1) is 0 Å². The molecule has 2 heterocycles. The van der Waals surface area contributed by atoms with Crippen molar-refractivity contribution in [3.63, 3.8) is 0 Å². The molecular weight excluding hydrogens is 376 g/mol. The number of anilines is 1. The minimum Gasteiger partial charge on any atom is -0.493 e. The average molecular weight is 394 g/mol. The van der Waals surface area contributed by atoms with Gasteiger partial charge in [-0.1, -0.05) is 0 Å². The Morgan fingerprint density at radius 2 is 2.00 bits per heavy atom. The summed E-state index contributed by atoms with van der Waals surface area (Å²) >= 11 is 1.49. The van der Waals surface area contributed by atoms with Crippen LogP contribution in [0.25, 0.3) is 21.5 Å². The van der Waals surface area contributed by atoms with Crippen molar-refractivity contribution in [2.45, 2.75) is 6.42 Å². The van der Waals surface area contributed by atoms with Crippen LogP contribution in [-0.4, -0.2) is 35.3 Å². The van der Waals surface area contributed by atoms with Crippen LogP contribution in [0.4, 0.5) is 5.69 Å². The molecule has 28 heavy (non-hydrogen) atoms. The first-order valence-corrected chi connectivity index (χ1v) is 9.44. The Morgan fingerprint density at radius 3 is 2.82 bits per heavy atom. The van der Waals surface area contributed by atoms with Crippen LogP contribution in [0.2, 0.25) is 0 Å². The highest BCUT2D eigenvalue weighted by molar-refractivity contribution is 7.13. The van der Waals surface area contributed by atoms with Gasteiger partial charge in [-0.25, -0.2) is 4.98 Å². The topological polar surface area (TPSA) is 89.1 Å². The van der Waals surface area contributed by atoms with Crippen molar-refractivity contribution < 1.29 is 14.3 Å². The van der Waals surface area contributed by atoms with Crippen LogP contribution >= 0.6 is 11.3 Å². The van der Waals surface area contributed by atoms with Gasteiger partial charge in [0.15, 0.2) is 11.5 Å². The summed E-state index contributed by atoms with van der Waals surface area (Å²) in [7, 11) is 3.20. The van der Waals surface area contributed by atoms with Crippen molar-refractivity contribution >= 4 is 33.8 Å². The molecule has 0 bridgehead atoms. The molecule has 0 fully saturated rings. The molecule has 7 nitrogen and oxygen atoms in total. The van der Waals surface area contributed by atoms with E-state index >= 15 is 0 Å². The molecule has 4 rings (SSSR count). The van der Waals surface area contributed by atoms with E-state index in [0.29, 0.717) is 11.5 Å². The molecule has 4 aromatic rings. The number of fused-ring (bicyclic) bond motifs is 1. The smallest absolute Gasteiger partial charge is 0.230 e. The van der Waals surface area contributed by atoms with Crippen molar-refractivity contribution in [1.29, 1.82) is 0 Å². The monoisotopic (exact) mass is 394 g/mol. The summed E-state index contributed by atoms with van der Waals surface area (Å²) < 4.78 is 10.6. The molecular formula is C20H18N4O3S. The minimum absolute atomic E-state index is 0.119. The van der Waals surface area contributed by atoms with Crippen LogP contribution in [0.3, 0.4) is 0 Å². The number of nitrogens with zero attached hydrogens (tertiary/aromatic N) is 2. The Bertz CT molecular complexity index is 1140. The van der Waals surface area contributed by atoms with Crippen LogP contribution in [0.15, 0.2) is 48.0 Å². The molecule has 0 saturated heterocycles. The van der Waals surface area contributed by atoms with Crippen LogP contribution < -0.4 is 14.8 Å². The Kier molecular flexibility index (Phi) is 4.94. The van der Waals surface area contributed by atoms with E-state index in [0.717, 1.165) is 32.9 Å². The fourth-order valence-electron chi connectivity index (χ4n) is 2.88. The maximum absolute atomic E-state index is 12.4. The zero-order chi connectivity index (χ0) is 19.5. The van der Waals surface area contributed by atoms with Crippen molar-refractivity contribution in [3.05, 3.63) is 53.7 Å². The quantitative estimate of drug-likeness (QED) is 0.518. The van der Waals surface area contributed by atoms with Gasteiger partial charge in [-0.3, -0.25) is 9.89 Å². The first-order valence-electron chi connectivity index (χ1n) is 8.56. The minimum atomic E-state index is -0.119. The second kappa shape index (κ2) is 7.69. The van der Waals surface area contributed by atoms with Gasteiger partial charge in [0.1, 0.15) is 5.01 Å². The Morgan fingerprint density at radius 1 is 1.14 bits per heavy atom. The molecule has 2 N–H and O–H groups in total. The third-order valence-corrected chi connectivity index (χ3v) is 5.19. The van der Waals surface area contributed by atoms with Gasteiger partial charge in [-0.15, -0.1) is 11.3 Å². The van der Waals surface area contributed by atoms with Crippen molar-refractivity contribution in [2.75, 3.05) is 19.5 Å². The number of benzene rings is 2. The first kappa shape index (κ1) is 18.0. The predicted molar refractivity (Wildman–Crippen MR) is 109 cm³/mol. The third-order valence-electron chi connectivity index (χ3n) is 4.25. The zero-order valence-electron chi connectivity index (χ0n) is 15.4. The number of H-pyrrole nitrogens is 1. The number of hydrogen-bond donors (Lipinski definition) is 2.